The molecule has 1 aromatic carbocycles. The lowest BCUT2D eigenvalue weighted by Crippen LogP contribution is -2.36. The minimum atomic E-state index is -1.12. The molecule has 1 N–H and O–H groups in total. The molecular formula is C14H14FN3O3. The molecule has 0 aliphatic rings. The van der Waals surface area contributed by atoms with Crippen LogP contribution < -0.4 is 0 Å². The number of halogens is 1. The van der Waals surface area contributed by atoms with E-state index in [9.17, 15) is 14.0 Å². The Hall–Kier alpha value is -2.57. The summed E-state index contributed by atoms with van der Waals surface area (Å²) in [7, 11) is 0. The van der Waals surface area contributed by atoms with Crippen LogP contribution in [0.5, 0.6) is 0 Å². The van der Waals surface area contributed by atoms with E-state index in [-0.39, 0.29) is 23.1 Å². The molecule has 0 spiro atoms. The molecule has 21 heavy (non-hydrogen) atoms. The Labute approximate surface area is 120 Å². The van der Waals surface area contributed by atoms with Crippen molar-refractivity contribution in [2.45, 2.75) is 13.3 Å². The van der Waals surface area contributed by atoms with Gasteiger partial charge in [0.05, 0.1) is 11.1 Å². The highest BCUT2D eigenvalue weighted by atomic mass is 19.1. The molecule has 0 aliphatic carbocycles. The number of nitrogens with zero attached hydrogens (tertiary/aromatic N) is 3. The van der Waals surface area contributed by atoms with Crippen LogP contribution in [0.3, 0.4) is 0 Å². The number of hydrogen-bond donors (Lipinski definition) is 1. The Morgan fingerprint density at radius 1 is 1.29 bits per heavy atom. The number of hydrogen-bond acceptors (Lipinski definition) is 4. The number of carboxylic acid groups (broad SMARTS) is 1. The maximum atomic E-state index is 13.6. The molecule has 0 unspecified atom stereocenters. The first-order valence-corrected chi connectivity index (χ1v) is 6.44. The standard InChI is InChI=1S/C14H14FN3O3/c1-2-5-18(8-12(19)20)14(21)10-6-9(15)7-11-13(10)17-4-3-16-11/h3-4,6-7H,2,5,8H2,1H3,(H,19,20). The molecule has 110 valence electrons. The third-order valence-electron chi connectivity index (χ3n) is 2.88. The van der Waals surface area contributed by atoms with E-state index in [0.717, 1.165) is 11.0 Å². The van der Waals surface area contributed by atoms with Gasteiger partial charge in [0, 0.05) is 25.0 Å². The summed E-state index contributed by atoms with van der Waals surface area (Å²) in [5, 5.41) is 8.88. The van der Waals surface area contributed by atoms with Gasteiger partial charge in [0.1, 0.15) is 17.9 Å². The van der Waals surface area contributed by atoms with Gasteiger partial charge in [-0.3, -0.25) is 19.6 Å². The summed E-state index contributed by atoms with van der Waals surface area (Å²) in [5.41, 5.74) is 0.538. The van der Waals surface area contributed by atoms with Crippen molar-refractivity contribution in [1.29, 1.82) is 0 Å². The Balaban J connectivity index is 2.48. The second kappa shape index (κ2) is 6.25. The molecule has 2 rings (SSSR count). The first-order valence-electron chi connectivity index (χ1n) is 6.44. The van der Waals surface area contributed by atoms with Gasteiger partial charge in [0.15, 0.2) is 0 Å². The van der Waals surface area contributed by atoms with Crippen molar-refractivity contribution in [3.8, 4) is 0 Å². The average Bonchev–Trinajstić information content (AvgIpc) is 2.44. The van der Waals surface area contributed by atoms with Gasteiger partial charge in [0.25, 0.3) is 5.91 Å². The van der Waals surface area contributed by atoms with Crippen molar-refractivity contribution >= 4 is 22.9 Å². The highest BCUT2D eigenvalue weighted by Gasteiger charge is 2.21. The molecular weight excluding hydrogens is 277 g/mol. The van der Waals surface area contributed by atoms with Gasteiger partial charge in [-0.15, -0.1) is 0 Å². The number of aliphatic carboxylic acids is 1. The average molecular weight is 291 g/mol. The topological polar surface area (TPSA) is 83.4 Å². The Morgan fingerprint density at radius 3 is 2.67 bits per heavy atom. The third-order valence-corrected chi connectivity index (χ3v) is 2.88. The molecule has 1 heterocycles. The quantitative estimate of drug-likeness (QED) is 0.906. The summed E-state index contributed by atoms with van der Waals surface area (Å²) < 4.78 is 13.6. The number of carbonyl (C=O) groups is 2. The molecule has 0 radical (unpaired) electrons. The lowest BCUT2D eigenvalue weighted by atomic mass is 10.1. The van der Waals surface area contributed by atoms with Gasteiger partial charge in [-0.25, -0.2) is 4.39 Å². The predicted octanol–water partition coefficient (Wildman–Crippen LogP) is 1.71. The second-order valence-corrected chi connectivity index (χ2v) is 4.50. The molecule has 0 aliphatic heterocycles. The van der Waals surface area contributed by atoms with E-state index in [1.807, 2.05) is 6.92 Å². The molecule has 0 saturated heterocycles. The zero-order valence-electron chi connectivity index (χ0n) is 11.4. The number of carbonyl (C=O) groups excluding carboxylic acids is 1. The normalized spacial score (nSPS) is 10.6. The van der Waals surface area contributed by atoms with Crippen LogP contribution in [0, 0.1) is 5.82 Å². The molecule has 6 nitrogen and oxygen atoms in total. The van der Waals surface area contributed by atoms with Crippen LogP contribution in [0.4, 0.5) is 4.39 Å². The molecule has 7 heteroatoms. The molecule has 1 aromatic heterocycles. The monoisotopic (exact) mass is 291 g/mol. The second-order valence-electron chi connectivity index (χ2n) is 4.50. The number of rotatable bonds is 5. The Morgan fingerprint density at radius 2 is 2.00 bits per heavy atom. The van der Waals surface area contributed by atoms with E-state index < -0.39 is 24.2 Å². The van der Waals surface area contributed by atoms with Gasteiger partial charge >= 0.3 is 5.97 Å². The van der Waals surface area contributed by atoms with Crippen LogP contribution in [-0.4, -0.2) is 44.9 Å². The van der Waals surface area contributed by atoms with Crippen LogP contribution >= 0.6 is 0 Å². The van der Waals surface area contributed by atoms with E-state index in [1.54, 1.807) is 0 Å². The number of aromatic nitrogens is 2. The zero-order chi connectivity index (χ0) is 15.4. The zero-order valence-corrected chi connectivity index (χ0v) is 11.4. The summed E-state index contributed by atoms with van der Waals surface area (Å²) in [4.78, 5) is 32.5. The Bertz CT molecular complexity index is 690. The smallest absolute Gasteiger partial charge is 0.323 e. The van der Waals surface area contributed by atoms with Crippen molar-refractivity contribution < 1.29 is 19.1 Å². The predicted molar refractivity (Wildman–Crippen MR) is 73.3 cm³/mol. The van der Waals surface area contributed by atoms with E-state index in [4.69, 9.17) is 5.11 Å². The molecule has 0 atom stereocenters. The lowest BCUT2D eigenvalue weighted by Gasteiger charge is -2.20. The summed E-state index contributed by atoms with van der Waals surface area (Å²) in [5.74, 6) is -2.30. The van der Waals surface area contributed by atoms with Crippen molar-refractivity contribution in [3.05, 3.63) is 35.9 Å². The van der Waals surface area contributed by atoms with Gasteiger partial charge in [-0.05, 0) is 12.5 Å². The van der Waals surface area contributed by atoms with Gasteiger partial charge < -0.3 is 10.0 Å². The van der Waals surface area contributed by atoms with Crippen LogP contribution in [0.15, 0.2) is 24.5 Å². The molecule has 1 amide bonds. The van der Waals surface area contributed by atoms with Gasteiger partial charge in [-0.2, -0.15) is 0 Å². The number of benzene rings is 1. The van der Waals surface area contributed by atoms with Gasteiger partial charge in [-0.1, -0.05) is 6.92 Å². The van der Waals surface area contributed by atoms with Crippen molar-refractivity contribution in [3.63, 3.8) is 0 Å². The SMILES string of the molecule is CCCN(CC(=O)O)C(=O)c1cc(F)cc2nccnc12. The minimum absolute atomic E-state index is 0.0211. The first-order chi connectivity index (χ1) is 10.0. The lowest BCUT2D eigenvalue weighted by molar-refractivity contribution is -0.137. The maximum absolute atomic E-state index is 13.6. The minimum Gasteiger partial charge on any atom is -0.480 e. The summed E-state index contributed by atoms with van der Waals surface area (Å²) >= 11 is 0. The summed E-state index contributed by atoms with van der Waals surface area (Å²) in [6.45, 7) is 1.65. The fourth-order valence-electron chi connectivity index (χ4n) is 2.06. The van der Waals surface area contributed by atoms with Crippen molar-refractivity contribution in [2.75, 3.05) is 13.1 Å². The van der Waals surface area contributed by atoms with E-state index in [0.29, 0.717) is 6.42 Å². The van der Waals surface area contributed by atoms with Crippen molar-refractivity contribution in [1.82, 2.24) is 14.9 Å². The fraction of sp³-hybridized carbons (Fsp3) is 0.286. The number of amides is 1. The highest BCUT2D eigenvalue weighted by molar-refractivity contribution is 6.05. The van der Waals surface area contributed by atoms with E-state index in [2.05, 4.69) is 9.97 Å². The van der Waals surface area contributed by atoms with Gasteiger partial charge in [0.2, 0.25) is 0 Å². The van der Waals surface area contributed by atoms with Crippen LogP contribution in [0.2, 0.25) is 0 Å². The molecule has 0 fully saturated rings. The molecule has 0 saturated carbocycles. The summed E-state index contributed by atoms with van der Waals surface area (Å²) in [6.07, 6.45) is 3.40. The van der Waals surface area contributed by atoms with Crippen molar-refractivity contribution in [2.24, 2.45) is 0 Å². The molecule has 2 aromatic rings. The Kier molecular flexibility index (Phi) is 4.42. The number of fused-ring (bicyclic) bond motifs is 1. The highest BCUT2D eigenvalue weighted by Crippen LogP contribution is 2.18. The maximum Gasteiger partial charge on any atom is 0.323 e. The van der Waals surface area contributed by atoms with Crippen LogP contribution in [-0.2, 0) is 4.79 Å². The largest absolute Gasteiger partial charge is 0.480 e. The third kappa shape index (κ3) is 3.31. The van der Waals surface area contributed by atoms with E-state index in [1.165, 1.54) is 18.5 Å². The fourth-order valence-corrected chi connectivity index (χ4v) is 2.06. The van der Waals surface area contributed by atoms with E-state index >= 15 is 0 Å². The van der Waals surface area contributed by atoms with Crippen LogP contribution in [0.1, 0.15) is 23.7 Å². The van der Waals surface area contributed by atoms with Crippen LogP contribution in [0.25, 0.3) is 11.0 Å². The summed E-state index contributed by atoms with van der Waals surface area (Å²) in [6, 6.07) is 2.24. The first kappa shape index (κ1) is 14.8. The molecule has 0 bridgehead atoms. The number of carboxylic acids is 1.